The van der Waals surface area contributed by atoms with Crippen LogP contribution in [0.1, 0.15) is 0 Å². The van der Waals surface area contributed by atoms with Crippen molar-refractivity contribution < 1.29 is 13.3 Å². The van der Waals surface area contributed by atoms with Crippen LogP contribution in [-0.4, -0.2) is 19.5 Å². The lowest BCUT2D eigenvalue weighted by atomic mass is 9.96. The van der Waals surface area contributed by atoms with E-state index in [-0.39, 0.29) is 0 Å². The van der Waals surface area contributed by atoms with Crippen molar-refractivity contribution in [1.29, 1.82) is 0 Å². The third-order valence-corrected chi connectivity index (χ3v) is 16.7. The highest BCUT2D eigenvalue weighted by Crippen LogP contribution is 2.45. The van der Waals surface area contributed by atoms with Crippen molar-refractivity contribution in [2.75, 3.05) is 0 Å². The average Bonchev–Trinajstić information content (AvgIpc) is 4.38. The van der Waals surface area contributed by atoms with Crippen molar-refractivity contribution in [3.05, 3.63) is 231 Å². The normalized spacial score (nSPS) is 12.2. The fourth-order valence-electron chi connectivity index (χ4n) is 12.0. The van der Waals surface area contributed by atoms with E-state index in [1.54, 1.807) is 11.3 Å². The number of furan rings is 3. The largest absolute Gasteiger partial charge is 0.456 e. The molecule has 11 aromatic carbocycles. The van der Waals surface area contributed by atoms with Gasteiger partial charge in [-0.1, -0.05) is 133 Å². The number of fused-ring (bicyclic) bond motifs is 15. The number of nitrogens with zero attached hydrogens (tertiary/aromatic N) is 4. The van der Waals surface area contributed by atoms with E-state index >= 15 is 0 Å². The summed E-state index contributed by atoms with van der Waals surface area (Å²) >= 11 is 1.76. The molecule has 0 fully saturated rings. The predicted octanol–water partition coefficient (Wildman–Crippen LogP) is 19.4. The van der Waals surface area contributed by atoms with Crippen LogP contribution >= 0.6 is 11.3 Å². The van der Waals surface area contributed by atoms with E-state index in [1.807, 2.05) is 36.4 Å². The summed E-state index contributed by atoms with van der Waals surface area (Å²) in [5.74, 6) is 1.69. The zero-order chi connectivity index (χ0) is 50.3. The van der Waals surface area contributed by atoms with Gasteiger partial charge in [0.2, 0.25) is 0 Å². The van der Waals surface area contributed by atoms with E-state index in [9.17, 15) is 0 Å². The first kappa shape index (κ1) is 42.2. The van der Waals surface area contributed by atoms with Crippen molar-refractivity contribution in [3.63, 3.8) is 0 Å². The number of aromatic nitrogens is 4. The SMILES string of the molecule is c1ccc(-n2c3ccccc3c3cc(-c4ccc5c(c4)oc4cccc(-c6ccc7oc8cccc(-c9nc(-c%10ccc%11c(c%10)oc%10ccccc%10%11)nc(-c%10cccc%11c%10sc%10ccccc%10%11)n9)c8c7c6)c45)ccc32)cc1. The maximum Gasteiger partial charge on any atom is 0.165 e. The van der Waals surface area contributed by atoms with Crippen molar-refractivity contribution in [3.8, 4) is 62.1 Å². The van der Waals surface area contributed by atoms with Crippen molar-refractivity contribution >= 4 is 119 Å². The molecule has 358 valence electrons. The summed E-state index contributed by atoms with van der Waals surface area (Å²) in [6.07, 6.45) is 0. The monoisotopic (exact) mass is 1000 g/mol. The van der Waals surface area contributed by atoms with Crippen LogP contribution in [0.25, 0.3) is 170 Å². The number of hydrogen-bond acceptors (Lipinski definition) is 7. The third-order valence-electron chi connectivity index (χ3n) is 15.5. The van der Waals surface area contributed by atoms with Gasteiger partial charge in [0.1, 0.15) is 33.5 Å². The second-order valence-corrected chi connectivity index (χ2v) is 20.9. The fourth-order valence-corrected chi connectivity index (χ4v) is 13.2. The lowest BCUT2D eigenvalue weighted by Crippen LogP contribution is -2.00. The molecular formula is C69H38N4O3S. The Morgan fingerprint density at radius 2 is 0.844 bits per heavy atom. The molecule has 77 heavy (non-hydrogen) atoms. The smallest absolute Gasteiger partial charge is 0.165 e. The van der Waals surface area contributed by atoms with Crippen LogP contribution in [0.15, 0.2) is 244 Å². The number of benzene rings is 11. The van der Waals surface area contributed by atoms with Gasteiger partial charge in [-0.05, 0) is 119 Å². The molecule has 0 aliphatic rings. The number of thiophene rings is 1. The highest BCUT2D eigenvalue weighted by Gasteiger charge is 2.23. The molecule has 0 atom stereocenters. The standard InChI is InChI=1S/C69H38N4O3S/c1-2-13-43(14-3-1)73-55-22-7-4-15-45(55)53-35-39(29-33-56(53)73)40-27-32-50-62(37-40)76-59-24-11-18-44(64(50)59)41-30-34-58-54(36-41)65-51(20-12-25-60(65)74-58)68-70-67(42-28-31-47-46-16-5-8-23-57(46)75-61(47)38-42)71-69(72-68)52-21-10-19-49-48-17-6-9-26-63(48)77-66(49)52/h1-38H. The van der Waals surface area contributed by atoms with Gasteiger partial charge in [-0.2, -0.15) is 0 Å². The second-order valence-electron chi connectivity index (χ2n) is 19.8. The minimum Gasteiger partial charge on any atom is -0.456 e. The molecule has 0 bridgehead atoms. The highest BCUT2D eigenvalue weighted by atomic mass is 32.1. The van der Waals surface area contributed by atoms with Gasteiger partial charge in [0.25, 0.3) is 0 Å². The van der Waals surface area contributed by atoms with Crippen LogP contribution in [-0.2, 0) is 0 Å². The number of hydrogen-bond donors (Lipinski definition) is 0. The molecule has 17 rings (SSSR count). The van der Waals surface area contributed by atoms with Crippen LogP contribution in [0.2, 0.25) is 0 Å². The fraction of sp³-hybridized carbons (Fsp3) is 0. The highest BCUT2D eigenvalue weighted by molar-refractivity contribution is 7.26. The Kier molecular flexibility index (Phi) is 8.87. The summed E-state index contributed by atoms with van der Waals surface area (Å²) < 4.78 is 24.5. The molecule has 6 aromatic heterocycles. The zero-order valence-electron chi connectivity index (χ0n) is 40.9. The van der Waals surface area contributed by atoms with Gasteiger partial charge in [-0.3, -0.25) is 0 Å². The summed E-state index contributed by atoms with van der Waals surface area (Å²) in [6.45, 7) is 0. The second kappa shape index (κ2) is 16.2. The molecule has 0 N–H and O–H groups in total. The predicted molar refractivity (Wildman–Crippen MR) is 316 cm³/mol. The first-order chi connectivity index (χ1) is 38.1. The zero-order valence-corrected chi connectivity index (χ0v) is 41.7. The Labute approximate surface area is 442 Å². The minimum absolute atomic E-state index is 0.548. The molecule has 0 saturated carbocycles. The lowest BCUT2D eigenvalue weighted by Gasteiger charge is -2.10. The van der Waals surface area contributed by atoms with Gasteiger partial charge in [-0.25, -0.2) is 15.0 Å². The molecule has 0 aliphatic heterocycles. The molecule has 0 aliphatic carbocycles. The Morgan fingerprint density at radius 3 is 1.74 bits per heavy atom. The van der Waals surface area contributed by atoms with Crippen LogP contribution in [0.4, 0.5) is 0 Å². The van der Waals surface area contributed by atoms with Gasteiger partial charge in [0, 0.05) is 85.6 Å². The summed E-state index contributed by atoms with van der Waals surface area (Å²) in [6, 6.07) is 80.9. The Balaban J connectivity index is 0.810. The van der Waals surface area contributed by atoms with E-state index in [1.165, 1.54) is 37.3 Å². The molecular weight excluding hydrogens is 965 g/mol. The first-order valence-electron chi connectivity index (χ1n) is 25.7. The Bertz CT molecular complexity index is 5310. The molecule has 17 aromatic rings. The molecule has 0 amide bonds. The van der Waals surface area contributed by atoms with E-state index in [2.05, 4.69) is 199 Å². The van der Waals surface area contributed by atoms with Crippen LogP contribution < -0.4 is 0 Å². The van der Waals surface area contributed by atoms with Gasteiger partial charge in [0.15, 0.2) is 17.5 Å². The van der Waals surface area contributed by atoms with E-state index in [0.717, 1.165) is 115 Å². The van der Waals surface area contributed by atoms with Gasteiger partial charge >= 0.3 is 0 Å². The van der Waals surface area contributed by atoms with E-state index in [0.29, 0.717) is 17.5 Å². The molecule has 0 saturated heterocycles. The average molecular weight is 1000 g/mol. The summed E-state index contributed by atoms with van der Waals surface area (Å²) in [4.78, 5) is 16.0. The van der Waals surface area contributed by atoms with Gasteiger partial charge in [0.05, 0.1) is 11.0 Å². The first-order valence-corrected chi connectivity index (χ1v) is 26.5. The summed E-state index contributed by atoms with van der Waals surface area (Å²) in [5, 5.41) is 10.9. The van der Waals surface area contributed by atoms with Crippen molar-refractivity contribution in [1.82, 2.24) is 19.5 Å². The number of para-hydroxylation sites is 3. The maximum atomic E-state index is 6.74. The number of rotatable bonds is 6. The Morgan fingerprint density at radius 1 is 0.299 bits per heavy atom. The summed E-state index contributed by atoms with van der Waals surface area (Å²) in [5.41, 5.74) is 15.3. The van der Waals surface area contributed by atoms with Gasteiger partial charge < -0.3 is 17.8 Å². The van der Waals surface area contributed by atoms with Gasteiger partial charge in [-0.15, -0.1) is 11.3 Å². The molecule has 6 heterocycles. The topological polar surface area (TPSA) is 83.0 Å². The van der Waals surface area contributed by atoms with Crippen LogP contribution in [0.5, 0.6) is 0 Å². The van der Waals surface area contributed by atoms with E-state index in [4.69, 9.17) is 28.2 Å². The molecule has 7 nitrogen and oxygen atoms in total. The van der Waals surface area contributed by atoms with E-state index < -0.39 is 0 Å². The Hall–Kier alpha value is -10.2. The summed E-state index contributed by atoms with van der Waals surface area (Å²) in [7, 11) is 0. The van der Waals surface area contributed by atoms with Crippen LogP contribution in [0.3, 0.4) is 0 Å². The molecule has 0 spiro atoms. The molecule has 0 unspecified atom stereocenters. The van der Waals surface area contributed by atoms with Crippen molar-refractivity contribution in [2.45, 2.75) is 0 Å². The minimum atomic E-state index is 0.548. The maximum absolute atomic E-state index is 6.74. The quantitative estimate of drug-likeness (QED) is 0.165. The molecule has 0 radical (unpaired) electrons. The van der Waals surface area contributed by atoms with Crippen LogP contribution in [0, 0.1) is 0 Å². The van der Waals surface area contributed by atoms with Crippen molar-refractivity contribution in [2.24, 2.45) is 0 Å². The molecule has 8 heteroatoms. The third kappa shape index (κ3) is 6.40. The lowest BCUT2D eigenvalue weighted by molar-refractivity contribution is 0.668.